The van der Waals surface area contributed by atoms with Crippen molar-refractivity contribution >= 4 is 23.2 Å². The van der Waals surface area contributed by atoms with Gasteiger partial charge in [0.25, 0.3) is 0 Å². The van der Waals surface area contributed by atoms with E-state index in [0.29, 0.717) is 18.5 Å². The topological polar surface area (TPSA) is 55.9 Å². The van der Waals surface area contributed by atoms with Crippen LogP contribution in [0.2, 0.25) is 0 Å². The number of hydrogen-bond donors (Lipinski definition) is 1. The van der Waals surface area contributed by atoms with Crippen LogP contribution >= 0.6 is 0 Å². The average molecular weight is 398 g/mol. The maximum Gasteiger partial charge on any atom is 0.471 e. The van der Waals surface area contributed by atoms with Gasteiger partial charge in [0.15, 0.2) is 0 Å². The van der Waals surface area contributed by atoms with Crippen LogP contribution in [0.3, 0.4) is 0 Å². The lowest BCUT2D eigenvalue weighted by atomic mass is 9.97. The molecule has 1 unspecified atom stereocenters. The first-order valence-electron chi connectivity index (χ1n) is 9.44. The number of amides is 2. The number of nitrogens with one attached hydrogen (secondary N) is 1. The molecule has 154 valence electrons. The molecule has 0 spiro atoms. The minimum Gasteiger partial charge on any atom is -0.369 e. The fraction of sp³-hybridized carbons (Fsp3) is 0.579. The van der Waals surface area contributed by atoms with Crippen LogP contribution in [0, 0.1) is 5.92 Å². The van der Waals surface area contributed by atoms with E-state index in [1.54, 1.807) is 12.1 Å². The number of carbonyl (C=O) groups is 2. The van der Waals surface area contributed by atoms with E-state index in [0.717, 1.165) is 36.8 Å². The first kappa shape index (κ1) is 20.4. The Balaban J connectivity index is 1.56. The number of carbonyl (C=O) groups excluding carboxylic acids is 2. The number of halogens is 3. The number of alkyl halides is 3. The third-order valence-corrected chi connectivity index (χ3v) is 5.33. The molecule has 1 aromatic carbocycles. The molecule has 2 aliphatic heterocycles. The summed E-state index contributed by atoms with van der Waals surface area (Å²) in [6.45, 7) is 3.69. The zero-order valence-corrected chi connectivity index (χ0v) is 15.8. The van der Waals surface area contributed by atoms with Gasteiger partial charge in [0, 0.05) is 50.6 Å². The first-order chi connectivity index (χ1) is 13.2. The van der Waals surface area contributed by atoms with Crippen LogP contribution in [0.25, 0.3) is 0 Å². The molecule has 6 nitrogen and oxygen atoms in total. The summed E-state index contributed by atoms with van der Waals surface area (Å²) in [5, 5.41) is 2.76. The normalized spacial score (nSPS) is 21.5. The molecule has 2 fully saturated rings. The molecule has 9 heteroatoms. The molecule has 1 aromatic rings. The summed E-state index contributed by atoms with van der Waals surface area (Å²) >= 11 is 0. The lowest BCUT2D eigenvalue weighted by molar-refractivity contribution is -0.187. The van der Waals surface area contributed by atoms with E-state index in [9.17, 15) is 22.8 Å². The molecule has 2 heterocycles. The molecule has 3 rings (SSSR count). The summed E-state index contributed by atoms with van der Waals surface area (Å²) in [5.74, 6) is -2.87. The van der Waals surface area contributed by atoms with Crippen LogP contribution in [0.15, 0.2) is 24.3 Å². The van der Waals surface area contributed by atoms with Crippen molar-refractivity contribution in [2.75, 3.05) is 56.5 Å². The number of likely N-dealkylation sites (N-methyl/N-ethyl adjacent to an activating group) is 1. The van der Waals surface area contributed by atoms with Gasteiger partial charge in [0.2, 0.25) is 5.91 Å². The number of anilines is 2. The van der Waals surface area contributed by atoms with Gasteiger partial charge in [-0.15, -0.1) is 0 Å². The van der Waals surface area contributed by atoms with E-state index < -0.39 is 18.0 Å². The van der Waals surface area contributed by atoms with E-state index in [1.165, 1.54) is 0 Å². The molecular weight excluding hydrogens is 373 g/mol. The molecule has 0 aliphatic carbocycles. The first-order valence-corrected chi connectivity index (χ1v) is 9.44. The zero-order chi connectivity index (χ0) is 20.3. The summed E-state index contributed by atoms with van der Waals surface area (Å²) in [6, 6.07) is 7.46. The highest BCUT2D eigenvalue weighted by Gasteiger charge is 2.44. The van der Waals surface area contributed by atoms with Crippen molar-refractivity contribution in [2.24, 2.45) is 5.92 Å². The maximum absolute atomic E-state index is 12.6. The second-order valence-electron chi connectivity index (χ2n) is 7.41. The van der Waals surface area contributed by atoms with Crippen molar-refractivity contribution in [1.29, 1.82) is 0 Å². The summed E-state index contributed by atoms with van der Waals surface area (Å²) in [4.78, 5) is 29.1. The Morgan fingerprint density at radius 1 is 1.04 bits per heavy atom. The fourth-order valence-corrected chi connectivity index (χ4v) is 3.62. The maximum atomic E-state index is 12.6. The van der Waals surface area contributed by atoms with Crippen LogP contribution in [-0.2, 0) is 9.59 Å². The zero-order valence-electron chi connectivity index (χ0n) is 15.8. The minimum atomic E-state index is -4.91. The van der Waals surface area contributed by atoms with Crippen molar-refractivity contribution in [3.63, 3.8) is 0 Å². The van der Waals surface area contributed by atoms with Gasteiger partial charge in [-0.05, 0) is 44.2 Å². The Morgan fingerprint density at radius 3 is 2.29 bits per heavy atom. The molecule has 0 bridgehead atoms. The van der Waals surface area contributed by atoms with E-state index in [4.69, 9.17) is 0 Å². The van der Waals surface area contributed by atoms with Gasteiger partial charge in [-0.25, -0.2) is 0 Å². The van der Waals surface area contributed by atoms with Crippen molar-refractivity contribution < 1.29 is 22.8 Å². The molecule has 1 N–H and O–H groups in total. The Kier molecular flexibility index (Phi) is 6.12. The fourth-order valence-electron chi connectivity index (χ4n) is 3.62. The Morgan fingerprint density at radius 2 is 1.68 bits per heavy atom. The van der Waals surface area contributed by atoms with Crippen LogP contribution in [0.5, 0.6) is 0 Å². The third kappa shape index (κ3) is 4.95. The Hall–Kier alpha value is -2.29. The van der Waals surface area contributed by atoms with Crippen LogP contribution in [-0.4, -0.2) is 74.1 Å². The van der Waals surface area contributed by atoms with Crippen LogP contribution in [0.4, 0.5) is 24.5 Å². The number of piperidine rings is 1. The lowest BCUT2D eigenvalue weighted by Gasteiger charge is -2.34. The molecule has 2 aliphatic rings. The SMILES string of the molecule is CN1CCN(c2ccc(NC(=O)C3CCCN(C(=O)C(F)(F)F)C3)cc2)CC1. The summed E-state index contributed by atoms with van der Waals surface area (Å²) < 4.78 is 37.9. The lowest BCUT2D eigenvalue weighted by Crippen LogP contribution is -2.48. The summed E-state index contributed by atoms with van der Waals surface area (Å²) in [6.07, 6.45) is -4.06. The second kappa shape index (κ2) is 8.38. The van der Waals surface area contributed by atoms with Crippen molar-refractivity contribution in [3.8, 4) is 0 Å². The molecular formula is C19H25F3N4O2. The molecule has 0 aromatic heterocycles. The van der Waals surface area contributed by atoms with Gasteiger partial charge < -0.3 is 20.0 Å². The van der Waals surface area contributed by atoms with Crippen molar-refractivity contribution in [1.82, 2.24) is 9.80 Å². The van der Waals surface area contributed by atoms with Gasteiger partial charge >= 0.3 is 12.1 Å². The molecule has 2 saturated heterocycles. The van der Waals surface area contributed by atoms with Crippen molar-refractivity contribution in [2.45, 2.75) is 19.0 Å². The number of rotatable bonds is 3. The van der Waals surface area contributed by atoms with E-state index in [1.807, 2.05) is 12.1 Å². The standard InChI is InChI=1S/C19H25F3N4O2/c1-24-9-11-25(12-10-24)16-6-4-15(5-7-16)23-17(27)14-3-2-8-26(13-14)18(28)19(20,21)22/h4-7,14H,2-3,8-13H2,1H3,(H,23,27). The van der Waals surface area contributed by atoms with Crippen molar-refractivity contribution in [3.05, 3.63) is 24.3 Å². The quantitative estimate of drug-likeness (QED) is 0.848. The smallest absolute Gasteiger partial charge is 0.369 e. The molecule has 0 radical (unpaired) electrons. The van der Waals surface area contributed by atoms with Gasteiger partial charge in [-0.3, -0.25) is 9.59 Å². The largest absolute Gasteiger partial charge is 0.471 e. The Labute approximate surface area is 162 Å². The van der Waals surface area contributed by atoms with Crippen LogP contribution in [0.1, 0.15) is 12.8 Å². The number of benzene rings is 1. The van der Waals surface area contributed by atoms with E-state index >= 15 is 0 Å². The monoisotopic (exact) mass is 398 g/mol. The molecule has 28 heavy (non-hydrogen) atoms. The number of likely N-dealkylation sites (tertiary alicyclic amines) is 1. The van der Waals surface area contributed by atoms with E-state index in [-0.39, 0.29) is 19.0 Å². The molecule has 1 atom stereocenters. The van der Waals surface area contributed by atoms with Gasteiger partial charge in [-0.2, -0.15) is 13.2 Å². The molecule has 0 saturated carbocycles. The predicted molar refractivity (Wildman–Crippen MR) is 100 cm³/mol. The summed E-state index contributed by atoms with van der Waals surface area (Å²) in [5.41, 5.74) is 1.67. The van der Waals surface area contributed by atoms with E-state index in [2.05, 4.69) is 22.2 Å². The van der Waals surface area contributed by atoms with Gasteiger partial charge in [0.05, 0.1) is 5.92 Å². The highest BCUT2D eigenvalue weighted by molar-refractivity contribution is 5.93. The molecule has 2 amide bonds. The minimum absolute atomic E-state index is 0.0296. The highest BCUT2D eigenvalue weighted by Crippen LogP contribution is 2.25. The van der Waals surface area contributed by atoms with Gasteiger partial charge in [-0.1, -0.05) is 0 Å². The average Bonchev–Trinajstić information content (AvgIpc) is 2.68. The number of piperazine rings is 1. The predicted octanol–water partition coefficient (Wildman–Crippen LogP) is 2.18. The van der Waals surface area contributed by atoms with Gasteiger partial charge in [0.1, 0.15) is 0 Å². The number of hydrogen-bond acceptors (Lipinski definition) is 4. The summed E-state index contributed by atoms with van der Waals surface area (Å²) in [7, 11) is 2.09. The third-order valence-electron chi connectivity index (χ3n) is 5.33. The number of nitrogens with zero attached hydrogens (tertiary/aromatic N) is 3. The Bertz CT molecular complexity index is 700. The van der Waals surface area contributed by atoms with Crippen LogP contribution < -0.4 is 10.2 Å². The highest BCUT2D eigenvalue weighted by atomic mass is 19.4. The second-order valence-corrected chi connectivity index (χ2v) is 7.41.